The average molecular weight is 182 g/mol. The molecule has 0 radical (unpaired) electrons. The van der Waals surface area contributed by atoms with E-state index in [0.717, 1.165) is 6.42 Å². The number of rotatable bonds is 1. The van der Waals surface area contributed by atoms with Gasteiger partial charge in [-0.15, -0.1) is 0 Å². The molecule has 1 amide bonds. The summed E-state index contributed by atoms with van der Waals surface area (Å²) >= 11 is 0. The first-order valence-corrected chi connectivity index (χ1v) is 4.52. The monoisotopic (exact) mass is 182 g/mol. The summed E-state index contributed by atoms with van der Waals surface area (Å²) in [6.45, 7) is 3.58. The molecule has 1 saturated carbocycles. The summed E-state index contributed by atoms with van der Waals surface area (Å²) in [5.41, 5.74) is 5.71. The number of carbonyl (C=O) groups is 2. The zero-order chi connectivity index (χ0) is 9.80. The van der Waals surface area contributed by atoms with Crippen molar-refractivity contribution in [2.75, 3.05) is 6.54 Å². The van der Waals surface area contributed by atoms with Crippen molar-refractivity contribution in [1.29, 1.82) is 0 Å². The Morgan fingerprint density at radius 2 is 2.08 bits per heavy atom. The summed E-state index contributed by atoms with van der Waals surface area (Å²) in [6, 6.07) is -0.248. The second kappa shape index (κ2) is 2.32. The van der Waals surface area contributed by atoms with Gasteiger partial charge in [0.25, 0.3) is 0 Å². The van der Waals surface area contributed by atoms with E-state index >= 15 is 0 Å². The largest absolute Gasteiger partial charge is 0.331 e. The van der Waals surface area contributed by atoms with Crippen LogP contribution in [-0.2, 0) is 9.59 Å². The second-order valence-electron chi connectivity index (χ2n) is 4.25. The summed E-state index contributed by atoms with van der Waals surface area (Å²) in [7, 11) is 0. The van der Waals surface area contributed by atoms with Crippen molar-refractivity contribution < 1.29 is 9.59 Å². The van der Waals surface area contributed by atoms with Gasteiger partial charge in [0.15, 0.2) is 5.78 Å². The van der Waals surface area contributed by atoms with Crippen molar-refractivity contribution in [2.24, 2.45) is 11.7 Å². The van der Waals surface area contributed by atoms with Crippen LogP contribution >= 0.6 is 0 Å². The molecule has 0 aromatic rings. The first kappa shape index (κ1) is 8.69. The highest BCUT2D eigenvalue weighted by Crippen LogP contribution is 2.51. The Balaban J connectivity index is 2.22. The Morgan fingerprint density at radius 1 is 1.46 bits per heavy atom. The van der Waals surface area contributed by atoms with E-state index in [1.54, 1.807) is 4.90 Å². The fourth-order valence-electron chi connectivity index (χ4n) is 2.40. The smallest absolute Gasteiger partial charge is 0.220 e. The van der Waals surface area contributed by atoms with Crippen molar-refractivity contribution in [3.63, 3.8) is 0 Å². The maximum absolute atomic E-state index is 11.3. The molecule has 0 aromatic heterocycles. The summed E-state index contributed by atoms with van der Waals surface area (Å²) in [6.07, 6.45) is 0.890. The number of nitrogens with zero attached hydrogens (tertiary/aromatic N) is 1. The van der Waals surface area contributed by atoms with Crippen LogP contribution in [0.25, 0.3) is 0 Å². The first-order valence-electron chi connectivity index (χ1n) is 4.52. The third-order valence-corrected chi connectivity index (χ3v) is 3.18. The maximum Gasteiger partial charge on any atom is 0.220 e. The van der Waals surface area contributed by atoms with E-state index in [1.807, 2.05) is 0 Å². The molecule has 2 aliphatic rings. The Kier molecular flexibility index (Phi) is 1.55. The molecule has 4 nitrogen and oxygen atoms in total. The van der Waals surface area contributed by atoms with Gasteiger partial charge in [-0.05, 0) is 13.3 Å². The highest BCUT2D eigenvalue weighted by atomic mass is 16.2. The van der Waals surface area contributed by atoms with E-state index in [0.29, 0.717) is 6.54 Å². The molecule has 2 rings (SSSR count). The van der Waals surface area contributed by atoms with E-state index in [4.69, 9.17) is 5.73 Å². The lowest BCUT2D eigenvalue weighted by Gasteiger charge is -2.24. The number of nitrogens with two attached hydrogens (primary N) is 1. The number of piperidine rings is 1. The van der Waals surface area contributed by atoms with E-state index in [-0.39, 0.29) is 29.2 Å². The number of likely N-dealkylation sites (tertiary alicyclic amines) is 1. The van der Waals surface area contributed by atoms with Crippen LogP contribution in [0.15, 0.2) is 0 Å². The highest BCUT2D eigenvalue weighted by Gasteiger charge is 2.64. The van der Waals surface area contributed by atoms with Gasteiger partial charge in [-0.2, -0.15) is 0 Å². The lowest BCUT2D eigenvalue weighted by Crippen LogP contribution is -2.42. The van der Waals surface area contributed by atoms with Crippen molar-refractivity contribution in [2.45, 2.75) is 31.8 Å². The fraction of sp³-hybridized carbons (Fsp3) is 0.778. The van der Waals surface area contributed by atoms with Gasteiger partial charge in [0.2, 0.25) is 5.91 Å². The minimum absolute atomic E-state index is 0.0442. The van der Waals surface area contributed by atoms with Crippen LogP contribution in [0.1, 0.15) is 20.3 Å². The third-order valence-electron chi connectivity index (χ3n) is 3.18. The predicted molar refractivity (Wildman–Crippen MR) is 46.9 cm³/mol. The average Bonchev–Trinajstić information content (AvgIpc) is 2.52. The van der Waals surface area contributed by atoms with Gasteiger partial charge < -0.3 is 10.6 Å². The molecule has 0 spiro atoms. The van der Waals surface area contributed by atoms with E-state index < -0.39 is 0 Å². The Hall–Kier alpha value is -0.900. The Labute approximate surface area is 77.1 Å². The number of Topliss-reactive ketones (excluding diaryl/α,β-unsaturated/α-hetero) is 1. The molecular formula is C9H14N2O2. The van der Waals surface area contributed by atoms with Crippen LogP contribution in [0.3, 0.4) is 0 Å². The third kappa shape index (κ3) is 1.09. The highest BCUT2D eigenvalue weighted by molar-refractivity contribution is 5.89. The fourth-order valence-corrected chi connectivity index (χ4v) is 2.40. The molecule has 1 aliphatic heterocycles. The lowest BCUT2D eigenvalue weighted by molar-refractivity contribution is -0.136. The van der Waals surface area contributed by atoms with E-state index in [1.165, 1.54) is 13.8 Å². The molecule has 72 valence electrons. The van der Waals surface area contributed by atoms with Gasteiger partial charge >= 0.3 is 0 Å². The maximum atomic E-state index is 11.3. The van der Waals surface area contributed by atoms with Gasteiger partial charge in [0.05, 0.1) is 6.04 Å². The van der Waals surface area contributed by atoms with Crippen molar-refractivity contribution in [3.8, 4) is 0 Å². The molecule has 1 heterocycles. The number of ketones is 1. The van der Waals surface area contributed by atoms with Gasteiger partial charge in [-0.1, -0.05) is 0 Å². The number of hydrogen-bond donors (Lipinski definition) is 1. The van der Waals surface area contributed by atoms with Crippen LogP contribution in [-0.4, -0.2) is 34.7 Å². The zero-order valence-electron chi connectivity index (χ0n) is 7.91. The van der Waals surface area contributed by atoms with Gasteiger partial charge in [0.1, 0.15) is 0 Å². The number of fused-ring (bicyclic) bond motifs is 1. The minimum Gasteiger partial charge on any atom is -0.331 e. The molecule has 1 saturated heterocycles. The molecule has 3 atom stereocenters. The first-order chi connectivity index (χ1) is 5.96. The standard InChI is InChI=1S/C9H14N2O2/c1-5(12)8-7-3-9(7,10)4-11(8)6(2)13/h7-8H,3-4,10H2,1-2H3. The van der Waals surface area contributed by atoms with Crippen LogP contribution < -0.4 is 5.73 Å². The van der Waals surface area contributed by atoms with E-state index in [9.17, 15) is 9.59 Å². The van der Waals surface area contributed by atoms with Crippen molar-refractivity contribution in [1.82, 2.24) is 4.90 Å². The van der Waals surface area contributed by atoms with Gasteiger partial charge in [-0.25, -0.2) is 0 Å². The molecule has 3 unspecified atom stereocenters. The van der Waals surface area contributed by atoms with Crippen molar-refractivity contribution >= 4 is 11.7 Å². The number of carbonyl (C=O) groups excluding carboxylic acids is 2. The SMILES string of the molecule is CC(=O)C1C2CC2(N)CN1C(C)=O. The van der Waals surface area contributed by atoms with Crippen LogP contribution in [0.5, 0.6) is 0 Å². The topological polar surface area (TPSA) is 63.4 Å². The zero-order valence-corrected chi connectivity index (χ0v) is 7.91. The minimum atomic E-state index is -0.248. The summed E-state index contributed by atoms with van der Waals surface area (Å²) in [5, 5.41) is 0. The molecule has 2 fully saturated rings. The summed E-state index contributed by atoms with van der Waals surface area (Å²) < 4.78 is 0. The second-order valence-corrected chi connectivity index (χ2v) is 4.25. The molecular weight excluding hydrogens is 168 g/mol. The van der Waals surface area contributed by atoms with Crippen LogP contribution in [0, 0.1) is 5.92 Å². The Bertz CT molecular complexity index is 289. The van der Waals surface area contributed by atoms with Crippen molar-refractivity contribution in [3.05, 3.63) is 0 Å². The molecule has 1 aliphatic carbocycles. The van der Waals surface area contributed by atoms with Gasteiger partial charge in [0, 0.05) is 24.9 Å². The normalized spacial score (nSPS) is 41.6. The van der Waals surface area contributed by atoms with Crippen LogP contribution in [0.2, 0.25) is 0 Å². The molecule has 2 N–H and O–H groups in total. The van der Waals surface area contributed by atoms with Gasteiger partial charge in [-0.3, -0.25) is 9.59 Å². The van der Waals surface area contributed by atoms with Crippen LogP contribution in [0.4, 0.5) is 0 Å². The molecule has 0 aromatic carbocycles. The van der Waals surface area contributed by atoms with E-state index in [2.05, 4.69) is 0 Å². The quantitative estimate of drug-likeness (QED) is 0.596. The summed E-state index contributed by atoms with van der Waals surface area (Å²) in [5.74, 6) is 0.233. The molecule has 4 heteroatoms. The molecule has 0 bridgehead atoms. The number of amides is 1. The molecule has 13 heavy (non-hydrogen) atoms. The predicted octanol–water partition coefficient (Wildman–Crippen LogP) is -0.476. The lowest BCUT2D eigenvalue weighted by atomic mass is 10.1. The number of hydrogen-bond acceptors (Lipinski definition) is 3. The summed E-state index contributed by atoms with van der Waals surface area (Å²) in [4.78, 5) is 24.1. The Morgan fingerprint density at radius 3 is 2.46 bits per heavy atom.